The lowest BCUT2D eigenvalue weighted by atomic mass is 9.99. The molecule has 1 unspecified atom stereocenters. The summed E-state index contributed by atoms with van der Waals surface area (Å²) in [5.41, 5.74) is 1.47. The van der Waals surface area contributed by atoms with Gasteiger partial charge in [-0.1, -0.05) is 6.92 Å². The molecule has 2 aliphatic rings. The van der Waals surface area contributed by atoms with Gasteiger partial charge in [0.15, 0.2) is 0 Å². The van der Waals surface area contributed by atoms with Crippen LogP contribution in [0.2, 0.25) is 0 Å². The molecule has 0 aromatic carbocycles. The zero-order valence-corrected chi connectivity index (χ0v) is 13.7. The van der Waals surface area contributed by atoms with E-state index in [0.29, 0.717) is 18.1 Å². The predicted octanol–water partition coefficient (Wildman–Crippen LogP) is 0.742. The van der Waals surface area contributed by atoms with Crippen molar-refractivity contribution in [2.24, 2.45) is 11.8 Å². The SMILES string of the molecule is CC1=C(C(=O)N2C[C@@H](C)[C@H](C(=O)O)C2)C(C)n2ncnc2N1C. The average Bonchev–Trinajstić information content (AvgIpc) is 3.11. The van der Waals surface area contributed by atoms with E-state index in [4.69, 9.17) is 0 Å². The quantitative estimate of drug-likeness (QED) is 0.864. The van der Waals surface area contributed by atoms with Crippen LogP contribution in [0.15, 0.2) is 17.6 Å². The predicted molar refractivity (Wildman–Crippen MR) is 82.7 cm³/mol. The molecule has 1 saturated heterocycles. The maximum atomic E-state index is 13.0. The Morgan fingerprint density at radius 3 is 2.61 bits per heavy atom. The average molecular weight is 319 g/mol. The van der Waals surface area contributed by atoms with Crippen LogP contribution >= 0.6 is 0 Å². The normalized spacial score (nSPS) is 27.4. The third-order valence-electron chi connectivity index (χ3n) is 4.98. The van der Waals surface area contributed by atoms with Gasteiger partial charge in [0.2, 0.25) is 5.95 Å². The fourth-order valence-corrected chi connectivity index (χ4v) is 3.47. The van der Waals surface area contributed by atoms with E-state index in [1.165, 1.54) is 6.33 Å². The first-order valence-electron chi connectivity index (χ1n) is 7.69. The second-order valence-electron chi connectivity index (χ2n) is 6.37. The summed E-state index contributed by atoms with van der Waals surface area (Å²) < 4.78 is 1.72. The summed E-state index contributed by atoms with van der Waals surface area (Å²) in [4.78, 5) is 32.0. The number of hydrogen-bond acceptors (Lipinski definition) is 5. The van der Waals surface area contributed by atoms with Gasteiger partial charge in [0.05, 0.1) is 17.5 Å². The fraction of sp³-hybridized carbons (Fsp3) is 0.600. The summed E-state index contributed by atoms with van der Waals surface area (Å²) in [6.07, 6.45) is 1.47. The van der Waals surface area contributed by atoms with E-state index < -0.39 is 11.9 Å². The first kappa shape index (κ1) is 15.5. The van der Waals surface area contributed by atoms with Crippen molar-refractivity contribution in [1.82, 2.24) is 19.7 Å². The van der Waals surface area contributed by atoms with E-state index in [-0.39, 0.29) is 24.4 Å². The Morgan fingerprint density at radius 1 is 1.30 bits per heavy atom. The first-order valence-corrected chi connectivity index (χ1v) is 7.69. The third kappa shape index (κ3) is 2.29. The van der Waals surface area contributed by atoms with Crippen LogP contribution in [0.4, 0.5) is 5.95 Å². The number of carboxylic acids is 1. The highest BCUT2D eigenvalue weighted by molar-refractivity contribution is 5.96. The van der Waals surface area contributed by atoms with Gasteiger partial charge in [-0.2, -0.15) is 10.1 Å². The number of aliphatic carboxylic acids is 1. The van der Waals surface area contributed by atoms with Crippen molar-refractivity contribution in [2.45, 2.75) is 26.8 Å². The Labute approximate surface area is 134 Å². The Morgan fingerprint density at radius 2 is 2.00 bits per heavy atom. The number of anilines is 1. The van der Waals surface area contributed by atoms with Gasteiger partial charge in [0.25, 0.3) is 5.91 Å². The molecule has 3 atom stereocenters. The first-order chi connectivity index (χ1) is 10.8. The number of aromatic nitrogens is 3. The Bertz CT molecular complexity index is 695. The molecule has 0 spiro atoms. The highest BCUT2D eigenvalue weighted by Gasteiger charge is 2.40. The molecule has 1 amide bonds. The molecule has 0 aliphatic carbocycles. The topological polar surface area (TPSA) is 91.6 Å². The lowest BCUT2D eigenvalue weighted by molar-refractivity contribution is -0.142. The standard InChI is InChI=1S/C15H21N5O3/c1-8-5-19(6-11(8)14(22)23)13(21)12-9(2)18(4)15-16-7-17-20(15)10(12)3/h7-8,10-11H,5-6H2,1-4H3,(H,22,23)/t8-,10?,11-/m1/s1. The molecule has 8 heteroatoms. The van der Waals surface area contributed by atoms with Crippen molar-refractivity contribution >= 4 is 17.8 Å². The van der Waals surface area contributed by atoms with Gasteiger partial charge in [-0.15, -0.1) is 0 Å². The van der Waals surface area contributed by atoms with Gasteiger partial charge >= 0.3 is 5.97 Å². The lowest BCUT2D eigenvalue weighted by Gasteiger charge is -2.33. The summed E-state index contributed by atoms with van der Waals surface area (Å²) in [6, 6.07) is -0.226. The largest absolute Gasteiger partial charge is 0.481 e. The second-order valence-corrected chi connectivity index (χ2v) is 6.37. The van der Waals surface area contributed by atoms with Crippen LogP contribution in [-0.4, -0.2) is 56.8 Å². The van der Waals surface area contributed by atoms with E-state index in [2.05, 4.69) is 10.1 Å². The molecule has 1 aromatic heterocycles. The second kappa shape index (κ2) is 5.36. The third-order valence-corrected chi connectivity index (χ3v) is 4.98. The molecular formula is C15H21N5O3. The number of carboxylic acid groups (broad SMARTS) is 1. The molecule has 124 valence electrons. The van der Waals surface area contributed by atoms with Crippen molar-refractivity contribution in [3.8, 4) is 0 Å². The number of fused-ring (bicyclic) bond motifs is 1. The molecule has 0 bridgehead atoms. The Balaban J connectivity index is 1.91. The van der Waals surface area contributed by atoms with Gasteiger partial charge in [-0.05, 0) is 19.8 Å². The molecule has 3 rings (SSSR count). The zero-order valence-electron chi connectivity index (χ0n) is 13.7. The van der Waals surface area contributed by atoms with E-state index >= 15 is 0 Å². The van der Waals surface area contributed by atoms with Crippen LogP contribution in [0.25, 0.3) is 0 Å². The molecule has 0 saturated carbocycles. The fourth-order valence-electron chi connectivity index (χ4n) is 3.47. The molecule has 8 nitrogen and oxygen atoms in total. The number of allylic oxidation sites excluding steroid dienone is 1. The van der Waals surface area contributed by atoms with Crippen molar-refractivity contribution < 1.29 is 14.7 Å². The van der Waals surface area contributed by atoms with Crippen LogP contribution in [-0.2, 0) is 9.59 Å². The van der Waals surface area contributed by atoms with Crippen molar-refractivity contribution in [1.29, 1.82) is 0 Å². The Hall–Kier alpha value is -2.38. The number of carbonyl (C=O) groups is 2. The van der Waals surface area contributed by atoms with Gasteiger partial charge in [0.1, 0.15) is 6.33 Å². The van der Waals surface area contributed by atoms with E-state index in [1.807, 2.05) is 32.7 Å². The van der Waals surface area contributed by atoms with E-state index in [0.717, 1.165) is 5.70 Å². The number of carbonyl (C=O) groups excluding carboxylic acids is 1. The minimum absolute atomic E-state index is 0.0455. The molecule has 1 fully saturated rings. The molecule has 1 N–H and O–H groups in total. The molecule has 2 aliphatic heterocycles. The molecule has 1 aromatic rings. The molecule has 3 heterocycles. The van der Waals surface area contributed by atoms with Crippen LogP contribution < -0.4 is 4.90 Å². The van der Waals surface area contributed by atoms with E-state index in [9.17, 15) is 14.7 Å². The number of amides is 1. The Kier molecular flexibility index (Phi) is 3.62. The molecule has 23 heavy (non-hydrogen) atoms. The van der Waals surface area contributed by atoms with E-state index in [1.54, 1.807) is 9.58 Å². The van der Waals surface area contributed by atoms with Crippen molar-refractivity contribution in [3.05, 3.63) is 17.6 Å². The van der Waals surface area contributed by atoms with Gasteiger partial charge < -0.3 is 14.9 Å². The van der Waals surface area contributed by atoms with Crippen LogP contribution in [0.1, 0.15) is 26.8 Å². The summed E-state index contributed by atoms with van der Waals surface area (Å²) in [6.45, 7) is 6.39. The molecule has 0 radical (unpaired) electrons. The summed E-state index contributed by atoms with van der Waals surface area (Å²) >= 11 is 0. The highest BCUT2D eigenvalue weighted by atomic mass is 16.4. The highest BCUT2D eigenvalue weighted by Crippen LogP contribution is 2.35. The summed E-state index contributed by atoms with van der Waals surface area (Å²) in [7, 11) is 1.85. The monoisotopic (exact) mass is 319 g/mol. The van der Waals surface area contributed by atoms with Gasteiger partial charge in [-0.3, -0.25) is 9.59 Å². The minimum Gasteiger partial charge on any atom is -0.481 e. The smallest absolute Gasteiger partial charge is 0.308 e. The van der Waals surface area contributed by atoms with Gasteiger partial charge in [0, 0.05) is 25.8 Å². The summed E-state index contributed by atoms with van der Waals surface area (Å²) in [5, 5.41) is 13.5. The number of likely N-dealkylation sites (tertiary alicyclic amines) is 1. The minimum atomic E-state index is -0.842. The van der Waals surface area contributed by atoms with Crippen LogP contribution in [0.5, 0.6) is 0 Å². The zero-order chi connectivity index (χ0) is 16.9. The van der Waals surface area contributed by atoms with Gasteiger partial charge in [-0.25, -0.2) is 4.68 Å². The van der Waals surface area contributed by atoms with Crippen molar-refractivity contribution in [3.63, 3.8) is 0 Å². The number of rotatable bonds is 2. The molecular weight excluding hydrogens is 298 g/mol. The van der Waals surface area contributed by atoms with Crippen LogP contribution in [0, 0.1) is 11.8 Å². The van der Waals surface area contributed by atoms with Crippen LogP contribution in [0.3, 0.4) is 0 Å². The lowest BCUT2D eigenvalue weighted by Crippen LogP contribution is -2.39. The summed E-state index contributed by atoms with van der Waals surface area (Å²) in [5.74, 6) is -0.802. The number of nitrogens with zero attached hydrogens (tertiary/aromatic N) is 5. The maximum absolute atomic E-state index is 13.0. The maximum Gasteiger partial charge on any atom is 0.308 e. The van der Waals surface area contributed by atoms with Crippen molar-refractivity contribution in [2.75, 3.05) is 25.0 Å². The number of hydrogen-bond donors (Lipinski definition) is 1.